The molecule has 0 spiro atoms. The Hall–Kier alpha value is -2.40. The van der Waals surface area contributed by atoms with E-state index in [1.807, 2.05) is 0 Å². The zero-order chi connectivity index (χ0) is 15.6. The van der Waals surface area contributed by atoms with Crippen LogP contribution in [0.4, 0.5) is 24.8 Å². The fourth-order valence-electron chi connectivity index (χ4n) is 1.33. The summed E-state index contributed by atoms with van der Waals surface area (Å²) in [6, 6.07) is 0.615. The summed E-state index contributed by atoms with van der Waals surface area (Å²) < 4.78 is 64.8. The number of sulfonamides is 1. The molecule has 21 heavy (non-hydrogen) atoms. The molecule has 0 saturated heterocycles. The maximum absolute atomic E-state index is 13.4. The molecule has 0 radical (unpaired) electrons. The van der Waals surface area contributed by atoms with E-state index in [2.05, 4.69) is 15.4 Å². The van der Waals surface area contributed by atoms with Crippen molar-refractivity contribution in [1.82, 2.24) is 9.97 Å². The number of nitrogens with one attached hydrogen (secondary N) is 2. The van der Waals surface area contributed by atoms with Crippen LogP contribution in [-0.2, 0) is 10.0 Å². The van der Waals surface area contributed by atoms with Gasteiger partial charge in [-0.15, -0.1) is 0 Å². The standard InChI is InChI=1S/C10H8F3N5O2S/c11-6-1-8(13)9(2-7(6)12)18-21(19,20)5-3-15-10(17-14)16-4-5/h1-4,18H,14H2,(H,15,16,17). The highest BCUT2D eigenvalue weighted by Gasteiger charge is 2.19. The molecular weight excluding hydrogens is 311 g/mol. The molecule has 1 heterocycles. The topological polar surface area (TPSA) is 110 Å². The average Bonchev–Trinajstić information content (AvgIpc) is 2.44. The van der Waals surface area contributed by atoms with Gasteiger partial charge in [0, 0.05) is 12.1 Å². The Balaban J connectivity index is 2.34. The van der Waals surface area contributed by atoms with E-state index in [1.54, 1.807) is 4.72 Å². The Kier molecular flexibility index (Phi) is 3.95. The first-order chi connectivity index (χ1) is 9.83. The second-order valence-electron chi connectivity index (χ2n) is 3.74. The van der Waals surface area contributed by atoms with E-state index in [1.165, 1.54) is 0 Å². The lowest BCUT2D eigenvalue weighted by Gasteiger charge is -2.09. The molecule has 1 aromatic heterocycles. The van der Waals surface area contributed by atoms with Crippen LogP contribution in [0.5, 0.6) is 0 Å². The highest BCUT2D eigenvalue weighted by Crippen LogP contribution is 2.21. The summed E-state index contributed by atoms with van der Waals surface area (Å²) >= 11 is 0. The van der Waals surface area contributed by atoms with Gasteiger partial charge in [-0.3, -0.25) is 10.1 Å². The summed E-state index contributed by atoms with van der Waals surface area (Å²) in [6.45, 7) is 0. The highest BCUT2D eigenvalue weighted by molar-refractivity contribution is 7.92. The maximum atomic E-state index is 13.4. The minimum atomic E-state index is -4.26. The van der Waals surface area contributed by atoms with Gasteiger partial charge < -0.3 is 0 Å². The predicted molar refractivity (Wildman–Crippen MR) is 67.0 cm³/mol. The number of aromatic nitrogens is 2. The number of nitrogen functional groups attached to an aromatic ring is 1. The van der Waals surface area contributed by atoms with Crippen LogP contribution in [0, 0.1) is 17.5 Å². The molecule has 0 aliphatic rings. The fraction of sp³-hybridized carbons (Fsp3) is 0. The molecule has 2 aromatic rings. The van der Waals surface area contributed by atoms with Crippen molar-refractivity contribution in [3.63, 3.8) is 0 Å². The molecule has 11 heteroatoms. The number of halogens is 3. The van der Waals surface area contributed by atoms with Crippen molar-refractivity contribution in [1.29, 1.82) is 0 Å². The van der Waals surface area contributed by atoms with Gasteiger partial charge in [0.1, 0.15) is 10.7 Å². The van der Waals surface area contributed by atoms with Crippen LogP contribution in [0.1, 0.15) is 0 Å². The van der Waals surface area contributed by atoms with Crippen LogP contribution in [-0.4, -0.2) is 18.4 Å². The van der Waals surface area contributed by atoms with Crippen LogP contribution >= 0.6 is 0 Å². The highest BCUT2D eigenvalue weighted by atomic mass is 32.2. The summed E-state index contributed by atoms with van der Waals surface area (Å²) in [4.78, 5) is 6.72. The molecule has 112 valence electrons. The normalized spacial score (nSPS) is 11.2. The van der Waals surface area contributed by atoms with Gasteiger partial charge in [0.05, 0.1) is 18.1 Å². The van der Waals surface area contributed by atoms with Gasteiger partial charge in [0.15, 0.2) is 11.6 Å². The zero-order valence-electron chi connectivity index (χ0n) is 10.1. The van der Waals surface area contributed by atoms with Crippen molar-refractivity contribution >= 4 is 21.7 Å². The Bertz CT molecular complexity index is 767. The lowest BCUT2D eigenvalue weighted by molar-refractivity contribution is 0.496. The SMILES string of the molecule is NNc1ncc(S(=O)(=O)Nc2cc(F)c(F)cc2F)cn1. The van der Waals surface area contributed by atoms with Crippen LogP contribution in [0.3, 0.4) is 0 Å². The van der Waals surface area contributed by atoms with E-state index < -0.39 is 38.1 Å². The molecule has 0 amide bonds. The molecule has 4 N–H and O–H groups in total. The molecule has 1 aromatic carbocycles. The molecule has 0 saturated carbocycles. The zero-order valence-corrected chi connectivity index (χ0v) is 11.0. The number of nitrogens with zero attached hydrogens (tertiary/aromatic N) is 2. The van der Waals surface area contributed by atoms with Gasteiger partial charge in [0.2, 0.25) is 5.95 Å². The van der Waals surface area contributed by atoms with Crippen molar-refractivity contribution in [2.75, 3.05) is 10.1 Å². The Morgan fingerprint density at radius 1 is 1.00 bits per heavy atom. The maximum Gasteiger partial charge on any atom is 0.265 e. The van der Waals surface area contributed by atoms with Crippen molar-refractivity contribution < 1.29 is 21.6 Å². The summed E-state index contributed by atoms with van der Waals surface area (Å²) in [5.74, 6) is 0.888. The average molecular weight is 319 g/mol. The first kappa shape index (κ1) is 15.0. The number of benzene rings is 1. The Morgan fingerprint density at radius 2 is 1.57 bits per heavy atom. The summed E-state index contributed by atoms with van der Waals surface area (Å²) in [5, 5.41) is 0. The number of nitrogens with two attached hydrogens (primary N) is 1. The fourth-order valence-corrected chi connectivity index (χ4v) is 2.28. The first-order valence-electron chi connectivity index (χ1n) is 5.29. The van der Waals surface area contributed by atoms with Crippen LogP contribution in [0.15, 0.2) is 29.4 Å². The Labute approximate surface area is 117 Å². The first-order valence-corrected chi connectivity index (χ1v) is 6.78. The third-order valence-electron chi connectivity index (χ3n) is 2.32. The van der Waals surface area contributed by atoms with Gasteiger partial charge in [-0.1, -0.05) is 0 Å². The van der Waals surface area contributed by atoms with E-state index in [0.717, 1.165) is 12.4 Å². The molecule has 0 unspecified atom stereocenters. The van der Waals surface area contributed by atoms with Crippen molar-refractivity contribution in [2.24, 2.45) is 5.84 Å². The monoisotopic (exact) mass is 319 g/mol. The molecule has 2 rings (SSSR count). The lowest BCUT2D eigenvalue weighted by Crippen LogP contribution is -2.16. The largest absolute Gasteiger partial charge is 0.292 e. The number of hydrogen-bond donors (Lipinski definition) is 3. The quantitative estimate of drug-likeness (QED) is 0.440. The number of rotatable bonds is 4. The minimum Gasteiger partial charge on any atom is -0.292 e. The Morgan fingerprint density at radius 3 is 2.14 bits per heavy atom. The molecule has 0 bridgehead atoms. The summed E-state index contributed by atoms with van der Waals surface area (Å²) in [7, 11) is -4.26. The molecule has 0 atom stereocenters. The van der Waals surface area contributed by atoms with Gasteiger partial charge in [-0.25, -0.2) is 37.4 Å². The van der Waals surface area contributed by atoms with Crippen LogP contribution < -0.4 is 16.0 Å². The van der Waals surface area contributed by atoms with Crippen LogP contribution in [0.25, 0.3) is 0 Å². The predicted octanol–water partition coefficient (Wildman–Crippen LogP) is 0.980. The second kappa shape index (κ2) is 5.54. The third kappa shape index (κ3) is 3.20. The van der Waals surface area contributed by atoms with E-state index >= 15 is 0 Å². The second-order valence-corrected chi connectivity index (χ2v) is 5.42. The summed E-state index contributed by atoms with van der Waals surface area (Å²) in [5.41, 5.74) is 1.35. The van der Waals surface area contributed by atoms with Gasteiger partial charge >= 0.3 is 0 Å². The number of anilines is 2. The number of hydrazine groups is 1. The molecule has 0 aliphatic carbocycles. The molecule has 7 nitrogen and oxygen atoms in total. The van der Waals surface area contributed by atoms with Crippen LogP contribution in [0.2, 0.25) is 0 Å². The number of hydrogen-bond acceptors (Lipinski definition) is 6. The minimum absolute atomic E-state index is 0.0343. The van der Waals surface area contributed by atoms with Gasteiger partial charge in [-0.2, -0.15) is 0 Å². The van der Waals surface area contributed by atoms with Gasteiger partial charge in [-0.05, 0) is 0 Å². The lowest BCUT2D eigenvalue weighted by atomic mass is 10.3. The smallest absolute Gasteiger partial charge is 0.265 e. The molecule has 0 aliphatic heterocycles. The van der Waals surface area contributed by atoms with E-state index in [4.69, 9.17) is 5.84 Å². The van der Waals surface area contributed by atoms with Crippen molar-refractivity contribution in [3.8, 4) is 0 Å². The molecule has 0 fully saturated rings. The van der Waals surface area contributed by atoms with E-state index in [-0.39, 0.29) is 12.0 Å². The molecular formula is C10H8F3N5O2S. The third-order valence-corrected chi connectivity index (χ3v) is 3.64. The van der Waals surface area contributed by atoms with E-state index in [0.29, 0.717) is 6.07 Å². The summed E-state index contributed by atoms with van der Waals surface area (Å²) in [6.07, 6.45) is 1.81. The van der Waals surface area contributed by atoms with Gasteiger partial charge in [0.25, 0.3) is 10.0 Å². The van der Waals surface area contributed by atoms with Crippen molar-refractivity contribution in [3.05, 3.63) is 42.0 Å². The van der Waals surface area contributed by atoms with E-state index in [9.17, 15) is 21.6 Å². The van der Waals surface area contributed by atoms with Crippen molar-refractivity contribution in [2.45, 2.75) is 4.90 Å².